The number of rotatable bonds is 4. The van der Waals surface area contributed by atoms with Gasteiger partial charge in [0.2, 0.25) is 0 Å². The Bertz CT molecular complexity index is 519. The molecule has 0 aliphatic carbocycles. The van der Waals surface area contributed by atoms with Gasteiger partial charge in [-0.05, 0) is 12.1 Å². The smallest absolute Gasteiger partial charge is 0.418 e. The summed E-state index contributed by atoms with van der Waals surface area (Å²) in [6.45, 7) is -0.493. The minimum Gasteiger partial charge on any atom is -0.467 e. The lowest BCUT2D eigenvalue weighted by Gasteiger charge is -2.14. The Hall–Kier alpha value is -2.29. The van der Waals surface area contributed by atoms with Crippen LogP contribution in [0.3, 0.4) is 0 Å². The van der Waals surface area contributed by atoms with Crippen molar-refractivity contribution in [3.05, 3.63) is 29.8 Å². The molecular weight excluding hydrogens is 293 g/mol. The number of para-hydroxylation sites is 1. The molecule has 0 saturated carbocycles. The second-order valence-electron chi connectivity index (χ2n) is 3.92. The summed E-state index contributed by atoms with van der Waals surface area (Å²) in [5, 5.41) is 13.3. The molecule has 0 heterocycles. The Morgan fingerprint density at radius 2 is 1.95 bits per heavy atom. The molecule has 0 aliphatic rings. The number of methoxy groups -OCH3 is 1. The van der Waals surface area contributed by atoms with Crippen LogP contribution in [0.4, 0.5) is 23.7 Å². The average molecular weight is 306 g/mol. The van der Waals surface area contributed by atoms with E-state index >= 15 is 0 Å². The van der Waals surface area contributed by atoms with Crippen molar-refractivity contribution in [3.8, 4) is 0 Å². The lowest BCUT2D eigenvalue weighted by atomic mass is 10.1. The van der Waals surface area contributed by atoms with Crippen molar-refractivity contribution in [2.75, 3.05) is 19.0 Å². The monoisotopic (exact) mass is 306 g/mol. The summed E-state index contributed by atoms with van der Waals surface area (Å²) >= 11 is 0. The molecule has 6 nitrogen and oxygen atoms in total. The van der Waals surface area contributed by atoms with Gasteiger partial charge in [0.05, 0.1) is 24.9 Å². The number of esters is 1. The summed E-state index contributed by atoms with van der Waals surface area (Å²) in [6, 6.07) is 3.42. The highest BCUT2D eigenvalue weighted by atomic mass is 19.4. The number of ether oxygens (including phenoxy) is 1. The van der Waals surface area contributed by atoms with Gasteiger partial charge in [0.25, 0.3) is 0 Å². The van der Waals surface area contributed by atoms with Crippen molar-refractivity contribution in [1.82, 2.24) is 5.32 Å². The molecule has 2 amide bonds. The Morgan fingerprint density at radius 3 is 2.52 bits per heavy atom. The molecule has 1 rings (SSSR count). The first kappa shape index (κ1) is 16.8. The van der Waals surface area contributed by atoms with E-state index in [1.165, 1.54) is 12.1 Å². The number of hydrogen-bond donors (Lipinski definition) is 3. The maximum atomic E-state index is 12.7. The zero-order chi connectivity index (χ0) is 16.0. The second kappa shape index (κ2) is 6.93. The van der Waals surface area contributed by atoms with Crippen LogP contribution < -0.4 is 10.6 Å². The molecule has 0 spiro atoms. The van der Waals surface area contributed by atoms with Gasteiger partial charge in [-0.3, -0.25) is 0 Å². The summed E-state index contributed by atoms with van der Waals surface area (Å²) in [7, 11) is 1.05. The van der Waals surface area contributed by atoms with Crippen molar-refractivity contribution in [3.63, 3.8) is 0 Å². The highest BCUT2D eigenvalue weighted by Gasteiger charge is 2.33. The first-order valence-electron chi connectivity index (χ1n) is 5.72. The summed E-state index contributed by atoms with van der Waals surface area (Å²) in [5.74, 6) is -0.967. The van der Waals surface area contributed by atoms with E-state index in [0.717, 1.165) is 19.2 Å². The van der Waals surface area contributed by atoms with Crippen molar-refractivity contribution >= 4 is 17.7 Å². The minimum absolute atomic E-state index is 0.435. The number of amides is 2. The second-order valence-corrected chi connectivity index (χ2v) is 3.92. The van der Waals surface area contributed by atoms with Crippen LogP contribution in [0.2, 0.25) is 0 Å². The third-order valence-corrected chi connectivity index (χ3v) is 2.41. The van der Waals surface area contributed by atoms with E-state index in [-0.39, 0.29) is 0 Å². The van der Waals surface area contributed by atoms with Gasteiger partial charge in [0.1, 0.15) is 0 Å². The summed E-state index contributed by atoms with van der Waals surface area (Å²) < 4.78 is 42.3. The third-order valence-electron chi connectivity index (χ3n) is 2.41. The molecule has 0 aromatic heterocycles. The van der Waals surface area contributed by atoms with E-state index in [2.05, 4.69) is 10.1 Å². The number of halogens is 3. The molecule has 0 fully saturated rings. The van der Waals surface area contributed by atoms with Crippen LogP contribution in [0.25, 0.3) is 0 Å². The van der Waals surface area contributed by atoms with Crippen molar-refractivity contribution in [2.45, 2.75) is 12.3 Å². The standard InChI is InChI=1S/C12H13F3N2O4/c1-21-10(19)9(18)6-16-11(20)17-8-5-3-2-4-7(8)12(13,14)15/h2-5,9,18H,6H2,1H3,(H2,16,17,20). The van der Waals surface area contributed by atoms with Crippen LogP contribution in [0.15, 0.2) is 24.3 Å². The molecule has 1 aromatic carbocycles. The largest absolute Gasteiger partial charge is 0.467 e. The predicted octanol–water partition coefficient (Wildman–Crippen LogP) is 1.36. The van der Waals surface area contributed by atoms with Gasteiger partial charge in [-0.2, -0.15) is 13.2 Å². The molecule has 1 unspecified atom stereocenters. The highest BCUT2D eigenvalue weighted by Crippen LogP contribution is 2.34. The number of carbonyl (C=O) groups is 2. The minimum atomic E-state index is -4.62. The molecule has 1 aromatic rings. The lowest BCUT2D eigenvalue weighted by Crippen LogP contribution is -2.39. The van der Waals surface area contributed by atoms with E-state index in [9.17, 15) is 27.9 Å². The Labute approximate surface area is 117 Å². The Kier molecular flexibility index (Phi) is 5.53. The van der Waals surface area contributed by atoms with Crippen LogP contribution in [0.1, 0.15) is 5.56 Å². The summed E-state index contributed by atoms with van der Waals surface area (Å²) in [6.07, 6.45) is -6.21. The van der Waals surface area contributed by atoms with Crippen LogP contribution in [-0.4, -0.2) is 36.9 Å². The van der Waals surface area contributed by atoms with Gasteiger partial charge in [-0.1, -0.05) is 12.1 Å². The molecule has 9 heteroatoms. The van der Waals surface area contributed by atoms with Gasteiger partial charge in [-0.25, -0.2) is 9.59 Å². The third kappa shape index (κ3) is 4.95. The fraction of sp³-hybridized carbons (Fsp3) is 0.333. The van der Waals surface area contributed by atoms with Crippen LogP contribution in [0.5, 0.6) is 0 Å². The maximum absolute atomic E-state index is 12.7. The number of carbonyl (C=O) groups excluding carboxylic acids is 2. The lowest BCUT2D eigenvalue weighted by molar-refractivity contribution is -0.149. The summed E-state index contributed by atoms with van der Waals surface area (Å²) in [4.78, 5) is 22.3. The predicted molar refractivity (Wildman–Crippen MR) is 66.5 cm³/mol. The molecule has 1 atom stereocenters. The first-order valence-corrected chi connectivity index (χ1v) is 5.72. The molecule has 3 N–H and O–H groups in total. The molecular formula is C12H13F3N2O4. The fourth-order valence-corrected chi connectivity index (χ4v) is 1.41. The van der Waals surface area contributed by atoms with Crippen molar-refractivity contribution in [2.24, 2.45) is 0 Å². The fourth-order valence-electron chi connectivity index (χ4n) is 1.41. The number of aliphatic hydroxyl groups is 1. The molecule has 0 aliphatic heterocycles. The van der Waals surface area contributed by atoms with Gasteiger partial charge in [0, 0.05) is 0 Å². The maximum Gasteiger partial charge on any atom is 0.418 e. The number of hydrogen-bond acceptors (Lipinski definition) is 4. The number of anilines is 1. The number of nitrogens with one attached hydrogen (secondary N) is 2. The average Bonchev–Trinajstić information content (AvgIpc) is 2.43. The number of benzene rings is 1. The zero-order valence-corrected chi connectivity index (χ0v) is 10.9. The first-order chi connectivity index (χ1) is 9.75. The van der Waals surface area contributed by atoms with E-state index in [1.54, 1.807) is 0 Å². The van der Waals surface area contributed by atoms with Gasteiger partial charge in [-0.15, -0.1) is 0 Å². The SMILES string of the molecule is COC(=O)C(O)CNC(=O)Nc1ccccc1C(F)(F)F. The van der Waals surface area contributed by atoms with Gasteiger partial charge >= 0.3 is 18.2 Å². The molecule has 0 radical (unpaired) electrons. The van der Waals surface area contributed by atoms with Gasteiger partial charge < -0.3 is 20.5 Å². The van der Waals surface area contributed by atoms with E-state index in [0.29, 0.717) is 0 Å². The van der Waals surface area contributed by atoms with E-state index < -0.39 is 42.1 Å². The zero-order valence-electron chi connectivity index (χ0n) is 10.9. The van der Waals surface area contributed by atoms with Gasteiger partial charge in [0.15, 0.2) is 6.10 Å². The molecule has 0 bridgehead atoms. The van der Waals surface area contributed by atoms with E-state index in [4.69, 9.17) is 0 Å². The number of urea groups is 1. The molecule has 0 saturated heterocycles. The molecule has 21 heavy (non-hydrogen) atoms. The Balaban J connectivity index is 2.66. The van der Waals surface area contributed by atoms with Crippen LogP contribution in [-0.2, 0) is 15.7 Å². The molecule has 116 valence electrons. The Morgan fingerprint density at radius 1 is 1.33 bits per heavy atom. The number of alkyl halides is 3. The van der Waals surface area contributed by atoms with E-state index in [1.807, 2.05) is 5.32 Å². The quantitative estimate of drug-likeness (QED) is 0.733. The highest BCUT2D eigenvalue weighted by molar-refractivity contribution is 5.90. The van der Waals surface area contributed by atoms with Crippen LogP contribution >= 0.6 is 0 Å². The van der Waals surface area contributed by atoms with Crippen LogP contribution in [0, 0.1) is 0 Å². The van der Waals surface area contributed by atoms with Crippen molar-refractivity contribution in [1.29, 1.82) is 0 Å². The topological polar surface area (TPSA) is 87.7 Å². The normalized spacial score (nSPS) is 12.4. The van der Waals surface area contributed by atoms with Crippen molar-refractivity contribution < 1.29 is 32.6 Å². The summed E-state index contributed by atoms with van der Waals surface area (Å²) in [5.41, 5.74) is -1.44. The number of aliphatic hydroxyl groups excluding tert-OH is 1.